The third kappa shape index (κ3) is 6.04. The summed E-state index contributed by atoms with van der Waals surface area (Å²) in [7, 11) is 0. The van der Waals surface area contributed by atoms with Crippen molar-refractivity contribution in [2.24, 2.45) is 0 Å². The number of aromatic nitrogens is 3. The zero-order chi connectivity index (χ0) is 20.3. The van der Waals surface area contributed by atoms with Gasteiger partial charge in [-0.15, -0.1) is 0 Å². The van der Waals surface area contributed by atoms with Gasteiger partial charge in [-0.3, -0.25) is 0 Å². The molecule has 3 aromatic rings. The monoisotopic (exact) mass is 555 g/mol. The largest absolute Gasteiger partial charge is 1.00 e. The molecule has 0 radical (unpaired) electrons. The first-order chi connectivity index (χ1) is 13.5. The summed E-state index contributed by atoms with van der Waals surface area (Å²) in [6.07, 6.45) is 3.89. The molecule has 2 heterocycles. The molecule has 6 nitrogen and oxygen atoms in total. The molecular weight excluding hydrogens is 533 g/mol. The van der Waals surface area contributed by atoms with Gasteiger partial charge in [0.15, 0.2) is 11.6 Å². The summed E-state index contributed by atoms with van der Waals surface area (Å²) >= 11 is 5.75. The van der Waals surface area contributed by atoms with Crippen LogP contribution in [0.4, 0.5) is 20.4 Å². The standard InChI is InChI=1S/C19H20ClF2N5O.CH3.Cs/c1-2-3-4-10(8-28)26-14-7-12(11-5-6-13(21)15(20)16(11)22)17-18(27-14)19(23)25-9-24-17;;/h5-7,9-10,28H,2-4,8H2,1H3,(H,26,27)(H2,23,24,25);1H3;/q;-1;+1/t10-;;/m0../s1. The van der Waals surface area contributed by atoms with E-state index in [2.05, 4.69) is 27.2 Å². The number of pyridine rings is 1. The summed E-state index contributed by atoms with van der Waals surface area (Å²) in [5.41, 5.74) is 6.93. The van der Waals surface area contributed by atoms with Crippen molar-refractivity contribution in [3.8, 4) is 11.1 Å². The van der Waals surface area contributed by atoms with E-state index in [1.165, 1.54) is 12.4 Å². The molecule has 0 bridgehead atoms. The fourth-order valence-corrected chi connectivity index (χ4v) is 3.10. The number of halogens is 3. The van der Waals surface area contributed by atoms with Gasteiger partial charge in [-0.05, 0) is 24.6 Å². The van der Waals surface area contributed by atoms with Crippen LogP contribution in [0, 0.1) is 19.1 Å². The molecule has 30 heavy (non-hydrogen) atoms. The molecule has 0 unspecified atom stereocenters. The first-order valence-electron chi connectivity index (χ1n) is 8.88. The summed E-state index contributed by atoms with van der Waals surface area (Å²) in [6, 6.07) is 3.72. The summed E-state index contributed by atoms with van der Waals surface area (Å²) in [6.45, 7) is 1.96. The van der Waals surface area contributed by atoms with Crippen LogP contribution < -0.4 is 79.9 Å². The minimum Gasteiger partial charge on any atom is -0.394 e. The fraction of sp³-hybridized carbons (Fsp3) is 0.300. The fourth-order valence-electron chi connectivity index (χ4n) is 2.94. The maximum absolute atomic E-state index is 14.7. The van der Waals surface area contributed by atoms with Crippen molar-refractivity contribution in [3.63, 3.8) is 0 Å². The van der Waals surface area contributed by atoms with E-state index in [9.17, 15) is 13.9 Å². The van der Waals surface area contributed by atoms with Crippen LogP contribution in [0.3, 0.4) is 0 Å². The molecule has 10 heteroatoms. The van der Waals surface area contributed by atoms with Crippen LogP contribution >= 0.6 is 11.6 Å². The maximum atomic E-state index is 14.7. The summed E-state index contributed by atoms with van der Waals surface area (Å²) in [5, 5.41) is 12.2. The van der Waals surface area contributed by atoms with Crippen molar-refractivity contribution in [2.45, 2.75) is 32.2 Å². The number of aliphatic hydroxyl groups is 1. The zero-order valence-electron chi connectivity index (χ0n) is 17.2. The van der Waals surface area contributed by atoms with E-state index >= 15 is 0 Å². The number of nitrogen functional groups attached to an aromatic ring is 1. The van der Waals surface area contributed by atoms with Gasteiger partial charge >= 0.3 is 68.9 Å². The second-order valence-corrected chi connectivity index (χ2v) is 6.78. The van der Waals surface area contributed by atoms with Gasteiger partial charge in [0, 0.05) is 11.1 Å². The number of unbranched alkanes of at least 4 members (excludes halogenated alkanes) is 1. The minimum absolute atomic E-state index is 0. The summed E-state index contributed by atoms with van der Waals surface area (Å²) < 4.78 is 28.3. The number of nitrogens with two attached hydrogens (primary N) is 1. The van der Waals surface area contributed by atoms with E-state index in [1.54, 1.807) is 6.07 Å². The van der Waals surface area contributed by atoms with Crippen LogP contribution in [-0.2, 0) is 0 Å². The molecule has 156 valence electrons. The van der Waals surface area contributed by atoms with Crippen LogP contribution in [0.2, 0.25) is 5.02 Å². The topological polar surface area (TPSA) is 97.0 Å². The van der Waals surface area contributed by atoms with Gasteiger partial charge < -0.3 is 23.6 Å². The molecule has 0 saturated heterocycles. The molecular formula is C20H23ClCsF2N5O. The van der Waals surface area contributed by atoms with Crippen molar-refractivity contribution >= 4 is 34.3 Å². The Balaban J connectivity index is 0.00000225. The third-order valence-corrected chi connectivity index (χ3v) is 4.77. The van der Waals surface area contributed by atoms with Crippen molar-refractivity contribution < 1.29 is 82.8 Å². The Kier molecular flexibility index (Phi) is 11.5. The molecule has 0 aliphatic rings. The number of nitrogens with one attached hydrogen (secondary N) is 1. The molecule has 4 N–H and O–H groups in total. The normalized spacial score (nSPS) is 11.5. The second kappa shape index (κ2) is 12.5. The molecule has 1 atom stereocenters. The Morgan fingerprint density at radius 3 is 2.60 bits per heavy atom. The van der Waals surface area contributed by atoms with E-state index in [0.717, 1.165) is 25.3 Å². The number of nitrogens with zero attached hydrogens (tertiary/aromatic N) is 3. The van der Waals surface area contributed by atoms with Gasteiger partial charge in [-0.25, -0.2) is 23.7 Å². The van der Waals surface area contributed by atoms with Crippen LogP contribution in [0.25, 0.3) is 22.2 Å². The Labute approximate surface area is 238 Å². The molecule has 0 aliphatic heterocycles. The second-order valence-electron chi connectivity index (χ2n) is 6.40. The Morgan fingerprint density at radius 1 is 1.20 bits per heavy atom. The van der Waals surface area contributed by atoms with E-state index in [1.807, 2.05) is 0 Å². The average Bonchev–Trinajstić information content (AvgIpc) is 2.69. The van der Waals surface area contributed by atoms with E-state index < -0.39 is 16.7 Å². The Hall–Kier alpha value is -0.528. The van der Waals surface area contributed by atoms with E-state index in [-0.39, 0.29) is 106 Å². The predicted molar refractivity (Wildman–Crippen MR) is 113 cm³/mol. The average molecular weight is 556 g/mol. The van der Waals surface area contributed by atoms with Gasteiger partial charge in [0.05, 0.1) is 12.6 Å². The first kappa shape index (κ1) is 27.5. The van der Waals surface area contributed by atoms with Crippen molar-refractivity contribution in [1.29, 1.82) is 0 Å². The summed E-state index contributed by atoms with van der Waals surface area (Å²) in [4.78, 5) is 12.5. The van der Waals surface area contributed by atoms with Gasteiger partial charge in [-0.2, -0.15) is 0 Å². The molecule has 0 saturated carbocycles. The molecule has 2 aromatic heterocycles. The molecule has 1 aromatic carbocycles. The smallest absolute Gasteiger partial charge is 0.394 e. The molecule has 0 aliphatic carbocycles. The maximum Gasteiger partial charge on any atom is 1.00 e. The number of hydrogen-bond acceptors (Lipinski definition) is 6. The SMILES string of the molecule is CCCC[C@@H](CO)Nc1cc(-c2ccc(F)c(Cl)c2F)c2ncnc(N)c2n1.[CH3-].[Cs+]. The van der Waals surface area contributed by atoms with E-state index in [4.69, 9.17) is 17.3 Å². The molecule has 0 spiro atoms. The minimum atomic E-state index is -0.901. The van der Waals surface area contributed by atoms with Crippen LogP contribution in [0.15, 0.2) is 24.5 Å². The molecule has 0 fully saturated rings. The number of aliphatic hydroxyl groups excluding tert-OH is 1. The van der Waals surface area contributed by atoms with Gasteiger partial charge in [0.25, 0.3) is 0 Å². The first-order valence-corrected chi connectivity index (χ1v) is 9.26. The van der Waals surface area contributed by atoms with Crippen molar-refractivity contribution in [3.05, 3.63) is 48.6 Å². The van der Waals surface area contributed by atoms with Crippen LogP contribution in [-0.4, -0.2) is 32.7 Å². The van der Waals surface area contributed by atoms with Crippen molar-refractivity contribution in [2.75, 3.05) is 17.7 Å². The number of benzene rings is 1. The zero-order valence-corrected chi connectivity index (χ0v) is 24.3. The third-order valence-electron chi connectivity index (χ3n) is 4.42. The van der Waals surface area contributed by atoms with Gasteiger partial charge in [-0.1, -0.05) is 31.4 Å². The van der Waals surface area contributed by atoms with E-state index in [0.29, 0.717) is 16.9 Å². The number of anilines is 2. The predicted octanol–water partition coefficient (Wildman–Crippen LogP) is 1.62. The number of fused-ring (bicyclic) bond motifs is 1. The summed E-state index contributed by atoms with van der Waals surface area (Å²) in [5.74, 6) is -1.26. The number of rotatable bonds is 7. The van der Waals surface area contributed by atoms with Crippen molar-refractivity contribution in [1.82, 2.24) is 15.0 Å². The Bertz CT molecular complexity index is 1010. The quantitative estimate of drug-likeness (QED) is 0.303. The van der Waals surface area contributed by atoms with Crippen LogP contribution in [0.1, 0.15) is 26.2 Å². The Morgan fingerprint density at radius 2 is 1.93 bits per heavy atom. The van der Waals surface area contributed by atoms with Crippen LogP contribution in [0.5, 0.6) is 0 Å². The van der Waals surface area contributed by atoms with Gasteiger partial charge in [0.2, 0.25) is 0 Å². The number of hydrogen-bond donors (Lipinski definition) is 3. The molecule has 0 amide bonds. The molecule has 3 rings (SSSR count). The van der Waals surface area contributed by atoms with Gasteiger partial charge in [0.1, 0.15) is 34.0 Å².